The summed E-state index contributed by atoms with van der Waals surface area (Å²) >= 11 is 0. The predicted octanol–water partition coefficient (Wildman–Crippen LogP) is 4.84. The van der Waals surface area contributed by atoms with Crippen LogP contribution in [-0.2, 0) is 6.18 Å². The van der Waals surface area contributed by atoms with Crippen molar-refractivity contribution >= 4 is 0 Å². The molecule has 0 bridgehead atoms. The zero-order valence-corrected chi connectivity index (χ0v) is 13.6. The van der Waals surface area contributed by atoms with Crippen LogP contribution in [-0.4, -0.2) is 11.2 Å². The Balaban J connectivity index is 2.15. The van der Waals surface area contributed by atoms with E-state index in [9.17, 15) is 13.2 Å². The lowest BCUT2D eigenvalue weighted by Gasteiger charge is -2.27. The van der Waals surface area contributed by atoms with E-state index in [1.54, 1.807) is 19.9 Å². The van der Waals surface area contributed by atoms with Crippen molar-refractivity contribution in [2.75, 3.05) is 0 Å². The standard InChI is InChI=1S/C17H21F3N2O/c1-10-9-16(22-23-10)13(4)21-12(3)11(2)14-7-5-6-8-15(14)17(18,19)20/h5-9,11-13,21H,1-4H3/t11-,12+,13-/m0/s1. The molecule has 23 heavy (non-hydrogen) atoms. The normalized spacial score (nSPS) is 16.1. The van der Waals surface area contributed by atoms with Gasteiger partial charge in [-0.1, -0.05) is 30.3 Å². The van der Waals surface area contributed by atoms with E-state index in [0.717, 1.165) is 11.8 Å². The molecule has 6 heteroatoms. The lowest BCUT2D eigenvalue weighted by atomic mass is 9.89. The zero-order chi connectivity index (χ0) is 17.2. The molecular formula is C17H21F3N2O. The molecule has 0 unspecified atom stereocenters. The topological polar surface area (TPSA) is 38.1 Å². The number of nitrogens with one attached hydrogen (secondary N) is 1. The Morgan fingerprint density at radius 1 is 1.13 bits per heavy atom. The van der Waals surface area contributed by atoms with Crippen molar-refractivity contribution < 1.29 is 17.7 Å². The van der Waals surface area contributed by atoms with E-state index < -0.39 is 11.7 Å². The fourth-order valence-corrected chi connectivity index (χ4v) is 2.64. The maximum atomic E-state index is 13.2. The maximum Gasteiger partial charge on any atom is 0.416 e. The van der Waals surface area contributed by atoms with Gasteiger partial charge in [0, 0.05) is 12.1 Å². The molecule has 3 atom stereocenters. The van der Waals surface area contributed by atoms with Gasteiger partial charge in [0.15, 0.2) is 0 Å². The van der Waals surface area contributed by atoms with Crippen molar-refractivity contribution in [3.8, 4) is 0 Å². The Morgan fingerprint density at radius 2 is 1.78 bits per heavy atom. The molecule has 1 N–H and O–H groups in total. The van der Waals surface area contributed by atoms with Crippen LogP contribution in [0.1, 0.15) is 55.3 Å². The minimum Gasteiger partial charge on any atom is -0.361 e. The molecule has 1 aromatic carbocycles. The van der Waals surface area contributed by atoms with Crippen LogP contribution in [0, 0.1) is 6.92 Å². The number of aromatic nitrogens is 1. The number of halogens is 3. The summed E-state index contributed by atoms with van der Waals surface area (Å²) in [7, 11) is 0. The summed E-state index contributed by atoms with van der Waals surface area (Å²) in [4.78, 5) is 0. The number of hydrogen-bond acceptors (Lipinski definition) is 3. The van der Waals surface area contributed by atoms with Gasteiger partial charge in [0.25, 0.3) is 0 Å². The first-order chi connectivity index (χ1) is 10.7. The van der Waals surface area contributed by atoms with E-state index in [-0.39, 0.29) is 18.0 Å². The molecular weight excluding hydrogens is 305 g/mol. The van der Waals surface area contributed by atoms with Crippen LogP contribution in [0.25, 0.3) is 0 Å². The third kappa shape index (κ3) is 4.13. The lowest BCUT2D eigenvalue weighted by Crippen LogP contribution is -2.34. The maximum absolute atomic E-state index is 13.2. The van der Waals surface area contributed by atoms with Crippen LogP contribution in [0.5, 0.6) is 0 Å². The van der Waals surface area contributed by atoms with Gasteiger partial charge in [-0.25, -0.2) is 0 Å². The van der Waals surface area contributed by atoms with Gasteiger partial charge >= 0.3 is 6.18 Å². The molecule has 0 aliphatic carbocycles. The Hall–Kier alpha value is -1.82. The quantitative estimate of drug-likeness (QED) is 0.854. The third-order valence-corrected chi connectivity index (χ3v) is 4.11. The summed E-state index contributed by atoms with van der Waals surface area (Å²) in [5.74, 6) is 0.403. The van der Waals surface area contributed by atoms with Crippen molar-refractivity contribution in [2.45, 2.75) is 51.9 Å². The summed E-state index contributed by atoms with van der Waals surface area (Å²) in [5, 5.41) is 7.24. The minimum atomic E-state index is -4.35. The van der Waals surface area contributed by atoms with Gasteiger partial charge in [-0.15, -0.1) is 0 Å². The number of benzene rings is 1. The summed E-state index contributed by atoms with van der Waals surface area (Å²) in [6.45, 7) is 7.38. The molecule has 2 rings (SSSR count). The number of rotatable bonds is 5. The molecule has 0 amide bonds. The van der Waals surface area contributed by atoms with Gasteiger partial charge < -0.3 is 9.84 Å². The molecule has 0 saturated heterocycles. The summed E-state index contributed by atoms with van der Waals surface area (Å²) in [6, 6.07) is 7.27. The van der Waals surface area contributed by atoms with Crippen LogP contribution in [0.4, 0.5) is 13.2 Å². The molecule has 126 valence electrons. The van der Waals surface area contributed by atoms with Gasteiger partial charge in [0.1, 0.15) is 11.5 Å². The molecule has 1 aromatic heterocycles. The lowest BCUT2D eigenvalue weighted by molar-refractivity contribution is -0.138. The minimum absolute atomic E-state index is 0.108. The van der Waals surface area contributed by atoms with E-state index in [1.807, 2.05) is 19.9 Å². The van der Waals surface area contributed by atoms with Gasteiger partial charge in [0.2, 0.25) is 0 Å². The highest BCUT2D eigenvalue weighted by Crippen LogP contribution is 2.36. The first kappa shape index (κ1) is 17.5. The summed E-state index contributed by atoms with van der Waals surface area (Å²) in [6.07, 6.45) is -4.35. The molecule has 0 spiro atoms. The molecule has 0 fully saturated rings. The number of aryl methyl sites for hydroxylation is 1. The van der Waals surface area contributed by atoms with Crippen LogP contribution >= 0.6 is 0 Å². The average molecular weight is 326 g/mol. The predicted molar refractivity (Wildman–Crippen MR) is 82.1 cm³/mol. The SMILES string of the molecule is Cc1cc([C@H](C)N[C@H](C)[C@H](C)c2ccccc2C(F)(F)F)no1. The van der Waals surface area contributed by atoms with Crippen LogP contribution in [0.3, 0.4) is 0 Å². The van der Waals surface area contributed by atoms with Crippen molar-refractivity contribution in [1.82, 2.24) is 10.5 Å². The molecule has 1 heterocycles. The Kier molecular flexibility index (Phi) is 5.14. The Bertz CT molecular complexity index is 651. The van der Waals surface area contributed by atoms with Gasteiger partial charge in [-0.2, -0.15) is 13.2 Å². The zero-order valence-electron chi connectivity index (χ0n) is 13.6. The number of nitrogens with zero attached hydrogens (tertiary/aromatic N) is 1. The first-order valence-corrected chi connectivity index (χ1v) is 7.55. The fourth-order valence-electron chi connectivity index (χ4n) is 2.64. The van der Waals surface area contributed by atoms with E-state index in [0.29, 0.717) is 11.3 Å². The highest BCUT2D eigenvalue weighted by molar-refractivity contribution is 5.33. The second-order valence-electron chi connectivity index (χ2n) is 5.91. The Morgan fingerprint density at radius 3 is 2.35 bits per heavy atom. The molecule has 3 nitrogen and oxygen atoms in total. The highest BCUT2D eigenvalue weighted by atomic mass is 19.4. The summed E-state index contributed by atoms with van der Waals surface area (Å²) < 4.78 is 44.5. The molecule has 0 aliphatic heterocycles. The van der Waals surface area contributed by atoms with Crippen LogP contribution < -0.4 is 5.32 Å². The van der Waals surface area contributed by atoms with Gasteiger partial charge in [-0.3, -0.25) is 0 Å². The van der Waals surface area contributed by atoms with Crippen molar-refractivity contribution in [3.63, 3.8) is 0 Å². The third-order valence-electron chi connectivity index (χ3n) is 4.11. The fraction of sp³-hybridized carbons (Fsp3) is 0.471. The number of alkyl halides is 3. The van der Waals surface area contributed by atoms with Crippen LogP contribution in [0.2, 0.25) is 0 Å². The van der Waals surface area contributed by atoms with E-state index in [1.165, 1.54) is 12.1 Å². The second kappa shape index (κ2) is 6.74. The van der Waals surface area contributed by atoms with Crippen molar-refractivity contribution in [1.29, 1.82) is 0 Å². The smallest absolute Gasteiger partial charge is 0.361 e. The van der Waals surface area contributed by atoms with Gasteiger partial charge in [0.05, 0.1) is 11.6 Å². The first-order valence-electron chi connectivity index (χ1n) is 7.55. The molecule has 0 saturated carbocycles. The van der Waals surface area contributed by atoms with E-state index >= 15 is 0 Å². The van der Waals surface area contributed by atoms with Crippen LogP contribution in [0.15, 0.2) is 34.9 Å². The molecule has 2 aromatic rings. The van der Waals surface area contributed by atoms with Crippen molar-refractivity contribution in [3.05, 3.63) is 52.9 Å². The van der Waals surface area contributed by atoms with E-state index in [4.69, 9.17) is 4.52 Å². The monoisotopic (exact) mass is 326 g/mol. The average Bonchev–Trinajstić information content (AvgIpc) is 2.92. The second-order valence-corrected chi connectivity index (χ2v) is 5.91. The number of hydrogen-bond donors (Lipinski definition) is 1. The molecule has 0 aliphatic rings. The Labute approximate surface area is 133 Å². The summed E-state index contributed by atoms with van der Waals surface area (Å²) in [5.41, 5.74) is 0.459. The van der Waals surface area contributed by atoms with E-state index in [2.05, 4.69) is 10.5 Å². The van der Waals surface area contributed by atoms with Gasteiger partial charge in [-0.05, 0) is 38.3 Å². The molecule has 0 radical (unpaired) electrons. The van der Waals surface area contributed by atoms with Crippen molar-refractivity contribution in [2.24, 2.45) is 0 Å². The largest absolute Gasteiger partial charge is 0.416 e. The highest BCUT2D eigenvalue weighted by Gasteiger charge is 2.35.